The Morgan fingerprint density at radius 2 is 1.70 bits per heavy atom. The second kappa shape index (κ2) is 13.4. The summed E-state index contributed by atoms with van der Waals surface area (Å²) >= 11 is 0. The van der Waals surface area contributed by atoms with Crippen molar-refractivity contribution >= 4 is 17.8 Å². The third-order valence-corrected chi connectivity index (χ3v) is 2.81. The van der Waals surface area contributed by atoms with Crippen LogP contribution in [0.3, 0.4) is 0 Å². The molecule has 0 bridgehead atoms. The number of aliphatic carboxylic acids is 1. The van der Waals surface area contributed by atoms with Gasteiger partial charge in [0.1, 0.15) is 0 Å². The van der Waals surface area contributed by atoms with Crippen LogP contribution >= 0.6 is 0 Å². The van der Waals surface area contributed by atoms with Gasteiger partial charge in [-0.05, 0) is 12.8 Å². The molecule has 0 rings (SSSR count). The maximum absolute atomic E-state index is 11.5. The van der Waals surface area contributed by atoms with Crippen molar-refractivity contribution in [3.8, 4) is 0 Å². The second-order valence-corrected chi connectivity index (χ2v) is 4.61. The smallest absolute Gasteiger partial charge is 0.548 e. The summed E-state index contributed by atoms with van der Waals surface area (Å²) in [7, 11) is 0. The van der Waals surface area contributed by atoms with Crippen molar-refractivity contribution < 1.29 is 49.0 Å². The first-order valence-electron chi connectivity index (χ1n) is 6.75. The molecule has 0 aliphatic carbocycles. The number of carbonyl (C=O) groups excluding carboxylic acids is 3. The van der Waals surface area contributed by atoms with E-state index in [4.69, 9.17) is 5.73 Å². The molecular weight excluding hydrogens is 271 g/mol. The van der Waals surface area contributed by atoms with E-state index in [1.54, 1.807) is 0 Å². The zero-order valence-electron chi connectivity index (χ0n) is 12.4. The van der Waals surface area contributed by atoms with Gasteiger partial charge < -0.3 is 21.0 Å². The standard InChI is InChI=1S/C13H24N2O4.Na/c1-2-3-4-5-6-7-12(17)15-10(13(18)19)8-9-11(14)16;/h10H,2-9H2,1H3,(H2,14,16)(H,15,17)(H,18,19);/q;+1/p-1/t10-;/m0./s1. The zero-order valence-corrected chi connectivity index (χ0v) is 14.4. The predicted octanol–water partition coefficient (Wildman–Crippen LogP) is -3.15. The topological polar surface area (TPSA) is 112 Å². The molecule has 20 heavy (non-hydrogen) atoms. The zero-order chi connectivity index (χ0) is 14.7. The van der Waals surface area contributed by atoms with E-state index in [0.29, 0.717) is 6.42 Å². The monoisotopic (exact) mass is 294 g/mol. The Kier molecular flexibility index (Phi) is 14.5. The molecule has 7 heteroatoms. The molecule has 0 saturated carbocycles. The quantitative estimate of drug-likeness (QED) is 0.309. The van der Waals surface area contributed by atoms with E-state index >= 15 is 0 Å². The van der Waals surface area contributed by atoms with Gasteiger partial charge in [0.15, 0.2) is 0 Å². The number of nitrogens with one attached hydrogen (secondary N) is 1. The SMILES string of the molecule is CCCCCCCC(=O)N[C@@H](CCC(N)=O)C(=O)[O-].[Na+]. The number of carboxylic acid groups (broad SMARTS) is 1. The fourth-order valence-electron chi connectivity index (χ4n) is 1.69. The van der Waals surface area contributed by atoms with Crippen LogP contribution in [0.4, 0.5) is 0 Å². The van der Waals surface area contributed by atoms with Crippen LogP contribution in [0.15, 0.2) is 0 Å². The summed E-state index contributed by atoms with van der Waals surface area (Å²) in [5.41, 5.74) is 4.93. The van der Waals surface area contributed by atoms with Crippen molar-refractivity contribution in [3.63, 3.8) is 0 Å². The maximum Gasteiger partial charge on any atom is 1.00 e. The Bertz CT molecular complexity index is 311. The largest absolute Gasteiger partial charge is 1.00 e. The molecule has 1 atom stereocenters. The number of hydrogen-bond acceptors (Lipinski definition) is 4. The van der Waals surface area contributed by atoms with Crippen LogP contribution in [0.2, 0.25) is 0 Å². The molecule has 110 valence electrons. The summed E-state index contributed by atoms with van der Waals surface area (Å²) in [6.45, 7) is 2.11. The molecular formula is C13H23N2NaO4. The van der Waals surface area contributed by atoms with Crippen molar-refractivity contribution in [2.45, 2.75) is 64.3 Å². The molecule has 3 N–H and O–H groups in total. The summed E-state index contributed by atoms with van der Waals surface area (Å²) in [4.78, 5) is 32.9. The van der Waals surface area contributed by atoms with E-state index in [9.17, 15) is 19.5 Å². The van der Waals surface area contributed by atoms with Crippen LogP contribution in [0.1, 0.15) is 58.3 Å². The van der Waals surface area contributed by atoms with Crippen LogP contribution in [-0.2, 0) is 14.4 Å². The van der Waals surface area contributed by atoms with Gasteiger partial charge in [-0.1, -0.05) is 32.6 Å². The third-order valence-electron chi connectivity index (χ3n) is 2.81. The average Bonchev–Trinajstić information content (AvgIpc) is 2.33. The molecule has 0 aliphatic heterocycles. The summed E-state index contributed by atoms with van der Waals surface area (Å²) in [5.74, 6) is -2.31. The van der Waals surface area contributed by atoms with Gasteiger partial charge in [-0.25, -0.2) is 0 Å². The predicted molar refractivity (Wildman–Crippen MR) is 68.7 cm³/mol. The Morgan fingerprint density at radius 1 is 1.10 bits per heavy atom. The van der Waals surface area contributed by atoms with Gasteiger partial charge >= 0.3 is 29.6 Å². The van der Waals surface area contributed by atoms with Crippen LogP contribution in [0.5, 0.6) is 0 Å². The molecule has 0 spiro atoms. The minimum Gasteiger partial charge on any atom is -0.548 e. The summed E-state index contributed by atoms with van der Waals surface area (Å²) in [6.07, 6.45) is 5.22. The molecule has 0 aromatic heterocycles. The number of carboxylic acids is 1. The molecule has 0 heterocycles. The van der Waals surface area contributed by atoms with Crippen molar-refractivity contribution in [3.05, 3.63) is 0 Å². The number of rotatable bonds is 11. The average molecular weight is 294 g/mol. The summed E-state index contributed by atoms with van der Waals surface area (Å²) in [6, 6.07) is -1.14. The first-order chi connectivity index (χ1) is 8.97. The Hall–Kier alpha value is -0.590. The minimum absolute atomic E-state index is 0. The number of hydrogen-bond donors (Lipinski definition) is 2. The number of carbonyl (C=O) groups is 3. The molecule has 6 nitrogen and oxygen atoms in total. The Labute approximate surface area is 142 Å². The molecule has 0 fully saturated rings. The molecule has 0 aromatic rings. The molecule has 2 amide bonds. The van der Waals surface area contributed by atoms with Gasteiger partial charge in [-0.15, -0.1) is 0 Å². The summed E-state index contributed by atoms with van der Waals surface area (Å²) in [5, 5.41) is 13.1. The normalized spacial score (nSPS) is 11.2. The molecule has 0 radical (unpaired) electrons. The molecule has 0 unspecified atom stereocenters. The Morgan fingerprint density at radius 3 is 2.20 bits per heavy atom. The Balaban J connectivity index is 0. The third kappa shape index (κ3) is 12.4. The van der Waals surface area contributed by atoms with Crippen LogP contribution in [0, 0.1) is 0 Å². The van der Waals surface area contributed by atoms with E-state index in [-0.39, 0.29) is 48.3 Å². The number of nitrogens with two attached hydrogens (primary N) is 1. The number of amides is 2. The van der Waals surface area contributed by atoms with Gasteiger partial charge in [0.05, 0.1) is 12.0 Å². The summed E-state index contributed by atoms with van der Waals surface area (Å²) < 4.78 is 0. The van der Waals surface area contributed by atoms with E-state index < -0.39 is 17.9 Å². The van der Waals surface area contributed by atoms with E-state index in [1.807, 2.05) is 0 Å². The molecule has 0 aromatic carbocycles. The van der Waals surface area contributed by atoms with Gasteiger partial charge in [0.2, 0.25) is 11.8 Å². The number of primary amides is 1. The minimum atomic E-state index is -1.39. The van der Waals surface area contributed by atoms with Gasteiger partial charge in [0, 0.05) is 12.8 Å². The maximum atomic E-state index is 11.5. The first-order valence-corrected chi connectivity index (χ1v) is 6.75. The fraction of sp³-hybridized carbons (Fsp3) is 0.769. The van der Waals surface area contributed by atoms with Crippen molar-refractivity contribution in [1.29, 1.82) is 0 Å². The van der Waals surface area contributed by atoms with Crippen molar-refractivity contribution in [1.82, 2.24) is 5.32 Å². The van der Waals surface area contributed by atoms with Gasteiger partial charge in [0.25, 0.3) is 0 Å². The van der Waals surface area contributed by atoms with Crippen LogP contribution in [0.25, 0.3) is 0 Å². The number of unbranched alkanes of at least 4 members (excludes halogenated alkanes) is 4. The second-order valence-electron chi connectivity index (χ2n) is 4.61. The van der Waals surface area contributed by atoms with E-state index in [2.05, 4.69) is 12.2 Å². The van der Waals surface area contributed by atoms with Crippen LogP contribution in [-0.4, -0.2) is 23.8 Å². The van der Waals surface area contributed by atoms with Crippen molar-refractivity contribution in [2.24, 2.45) is 5.73 Å². The first kappa shape index (κ1) is 21.7. The van der Waals surface area contributed by atoms with Crippen molar-refractivity contribution in [2.75, 3.05) is 0 Å². The van der Waals surface area contributed by atoms with E-state index in [0.717, 1.165) is 32.1 Å². The fourth-order valence-corrected chi connectivity index (χ4v) is 1.69. The molecule has 0 saturated heterocycles. The van der Waals surface area contributed by atoms with Gasteiger partial charge in [-0.2, -0.15) is 0 Å². The van der Waals surface area contributed by atoms with E-state index in [1.165, 1.54) is 0 Å². The van der Waals surface area contributed by atoms with Crippen LogP contribution < -0.4 is 45.7 Å². The molecule has 0 aliphatic rings. The van der Waals surface area contributed by atoms with Gasteiger partial charge in [-0.3, -0.25) is 9.59 Å².